The number of hydrogen-bond donors (Lipinski definition) is 0. The van der Waals surface area contributed by atoms with Crippen LogP contribution in [0.25, 0.3) is 0 Å². The average molecular weight is 298 g/mol. The molecule has 1 aromatic rings. The van der Waals surface area contributed by atoms with Gasteiger partial charge in [0.25, 0.3) is 5.91 Å². The molecule has 1 atom stereocenters. The molecule has 2 aliphatic heterocycles. The Labute approximate surface area is 131 Å². The van der Waals surface area contributed by atoms with Gasteiger partial charge >= 0.3 is 0 Å². The van der Waals surface area contributed by atoms with Crippen LogP contribution in [0, 0.1) is 11.3 Å². The van der Waals surface area contributed by atoms with Gasteiger partial charge in [0.05, 0.1) is 11.5 Å². The van der Waals surface area contributed by atoms with E-state index >= 15 is 0 Å². The largest absolute Gasteiger partial charge is 0.368 e. The van der Waals surface area contributed by atoms with E-state index in [-0.39, 0.29) is 12.0 Å². The number of nitriles is 1. The van der Waals surface area contributed by atoms with Gasteiger partial charge in [-0.25, -0.2) is 0 Å². The summed E-state index contributed by atoms with van der Waals surface area (Å²) in [5, 5.41) is 9.69. The van der Waals surface area contributed by atoms with Crippen molar-refractivity contribution in [1.29, 1.82) is 5.26 Å². The van der Waals surface area contributed by atoms with Crippen LogP contribution in [0.1, 0.15) is 37.7 Å². The van der Waals surface area contributed by atoms with Crippen LogP contribution in [0.3, 0.4) is 0 Å². The number of benzene rings is 1. The normalized spacial score (nSPS) is 24.5. The summed E-state index contributed by atoms with van der Waals surface area (Å²) in [6.45, 7) is 1.97. The maximum atomic E-state index is 12.5. The first-order chi connectivity index (χ1) is 10.7. The molecule has 116 valence electrons. The molecule has 4 nitrogen and oxygen atoms in total. The number of nitrogens with zero attached hydrogens (tertiary/aromatic N) is 2. The number of rotatable bonds is 2. The van der Waals surface area contributed by atoms with Crippen LogP contribution in [0.2, 0.25) is 0 Å². The summed E-state index contributed by atoms with van der Waals surface area (Å²) in [5.74, 6) is 0.110. The van der Waals surface area contributed by atoms with E-state index in [1.807, 2.05) is 35.2 Å². The van der Waals surface area contributed by atoms with Crippen molar-refractivity contribution in [3.05, 3.63) is 35.9 Å². The van der Waals surface area contributed by atoms with Crippen LogP contribution in [0.5, 0.6) is 0 Å². The summed E-state index contributed by atoms with van der Waals surface area (Å²) in [7, 11) is 0. The highest BCUT2D eigenvalue weighted by molar-refractivity contribution is 5.81. The van der Waals surface area contributed by atoms with Crippen molar-refractivity contribution < 1.29 is 9.53 Å². The monoisotopic (exact) mass is 298 g/mol. The maximum absolute atomic E-state index is 12.5. The maximum Gasteiger partial charge on any atom is 0.251 e. The molecule has 0 aliphatic carbocycles. The zero-order valence-corrected chi connectivity index (χ0v) is 12.8. The molecule has 3 rings (SSSR count). The van der Waals surface area contributed by atoms with Crippen LogP contribution in [-0.4, -0.2) is 36.6 Å². The summed E-state index contributed by atoms with van der Waals surface area (Å²) in [5.41, 5.74) is 0.615. The standard InChI is InChI=1S/C18H22N2O2/c19-14-18(15-6-2-1-3-7-15)9-11-20(12-10-18)17(21)16-8-4-5-13-22-16/h1-3,6-7,16H,4-5,8-13H2/t16-/m0/s1. The van der Waals surface area contributed by atoms with Crippen LogP contribution in [0.15, 0.2) is 30.3 Å². The zero-order chi connectivity index (χ0) is 15.4. The molecule has 0 bridgehead atoms. The Morgan fingerprint density at radius 1 is 1.23 bits per heavy atom. The molecule has 0 spiro atoms. The molecule has 1 amide bonds. The van der Waals surface area contributed by atoms with Gasteiger partial charge in [-0.3, -0.25) is 4.79 Å². The lowest BCUT2D eigenvalue weighted by Gasteiger charge is -2.39. The summed E-state index contributed by atoms with van der Waals surface area (Å²) < 4.78 is 5.60. The molecule has 1 aromatic carbocycles. The minimum atomic E-state index is -0.453. The lowest BCUT2D eigenvalue weighted by molar-refractivity contribution is -0.147. The molecule has 4 heteroatoms. The Balaban J connectivity index is 1.66. The van der Waals surface area contributed by atoms with Gasteiger partial charge in [0.2, 0.25) is 0 Å². The minimum absolute atomic E-state index is 0.110. The molecule has 2 saturated heterocycles. The number of carbonyl (C=O) groups excluding carboxylic acids is 1. The van der Waals surface area contributed by atoms with E-state index < -0.39 is 5.41 Å². The van der Waals surface area contributed by atoms with E-state index in [9.17, 15) is 10.1 Å². The van der Waals surface area contributed by atoms with Gasteiger partial charge in [0.1, 0.15) is 6.10 Å². The Bertz CT molecular complexity index is 550. The molecule has 2 fully saturated rings. The van der Waals surface area contributed by atoms with Gasteiger partial charge in [0, 0.05) is 19.7 Å². The van der Waals surface area contributed by atoms with Crippen LogP contribution < -0.4 is 0 Å². The Hall–Kier alpha value is -1.86. The molecular formula is C18H22N2O2. The van der Waals surface area contributed by atoms with Gasteiger partial charge in [-0.15, -0.1) is 0 Å². The number of amides is 1. The summed E-state index contributed by atoms with van der Waals surface area (Å²) in [6, 6.07) is 12.5. The molecule has 0 unspecified atom stereocenters. The number of hydrogen-bond acceptors (Lipinski definition) is 3. The van der Waals surface area contributed by atoms with Gasteiger partial charge < -0.3 is 9.64 Å². The fourth-order valence-electron chi connectivity index (χ4n) is 3.47. The Kier molecular flexibility index (Phi) is 4.44. The first kappa shape index (κ1) is 15.1. The second-order valence-corrected chi connectivity index (χ2v) is 6.24. The van der Waals surface area contributed by atoms with Crippen molar-refractivity contribution >= 4 is 5.91 Å². The lowest BCUT2D eigenvalue weighted by atomic mass is 9.74. The zero-order valence-electron chi connectivity index (χ0n) is 12.8. The predicted octanol–water partition coefficient (Wildman–Crippen LogP) is 2.64. The van der Waals surface area contributed by atoms with Crippen molar-refractivity contribution in [2.75, 3.05) is 19.7 Å². The van der Waals surface area contributed by atoms with Gasteiger partial charge in [-0.05, 0) is 37.7 Å². The fourth-order valence-corrected chi connectivity index (χ4v) is 3.47. The summed E-state index contributed by atoms with van der Waals surface area (Å²) >= 11 is 0. The third-order valence-electron chi connectivity index (χ3n) is 4.92. The first-order valence-electron chi connectivity index (χ1n) is 8.12. The summed E-state index contributed by atoms with van der Waals surface area (Å²) in [6.07, 6.45) is 4.08. The highest BCUT2D eigenvalue weighted by atomic mass is 16.5. The third-order valence-corrected chi connectivity index (χ3v) is 4.92. The van der Waals surface area contributed by atoms with Crippen LogP contribution >= 0.6 is 0 Å². The molecule has 0 radical (unpaired) electrons. The molecule has 0 saturated carbocycles. The van der Waals surface area contributed by atoms with Gasteiger partial charge in [0.15, 0.2) is 0 Å². The first-order valence-corrected chi connectivity index (χ1v) is 8.12. The van der Waals surface area contributed by atoms with Crippen molar-refractivity contribution in [2.45, 2.75) is 43.6 Å². The topological polar surface area (TPSA) is 53.3 Å². The van der Waals surface area contributed by atoms with Crippen LogP contribution in [-0.2, 0) is 14.9 Å². The second kappa shape index (κ2) is 6.50. The molecule has 2 aliphatic rings. The van der Waals surface area contributed by atoms with Crippen LogP contribution in [0.4, 0.5) is 0 Å². The summed E-state index contributed by atoms with van der Waals surface area (Å²) in [4.78, 5) is 14.4. The van der Waals surface area contributed by atoms with Crippen molar-refractivity contribution in [3.63, 3.8) is 0 Å². The Morgan fingerprint density at radius 3 is 2.55 bits per heavy atom. The average Bonchev–Trinajstić information content (AvgIpc) is 2.63. The number of carbonyl (C=O) groups is 1. The molecular weight excluding hydrogens is 276 g/mol. The van der Waals surface area contributed by atoms with Crippen molar-refractivity contribution in [2.24, 2.45) is 0 Å². The second-order valence-electron chi connectivity index (χ2n) is 6.24. The van der Waals surface area contributed by atoms with E-state index in [0.29, 0.717) is 32.5 Å². The smallest absolute Gasteiger partial charge is 0.251 e. The highest BCUT2D eigenvalue weighted by Crippen LogP contribution is 2.35. The quantitative estimate of drug-likeness (QED) is 0.843. The lowest BCUT2D eigenvalue weighted by Crippen LogP contribution is -2.49. The van der Waals surface area contributed by atoms with Gasteiger partial charge in [-0.1, -0.05) is 30.3 Å². The van der Waals surface area contributed by atoms with E-state index in [1.165, 1.54) is 0 Å². The van der Waals surface area contributed by atoms with Crippen molar-refractivity contribution in [3.8, 4) is 6.07 Å². The fraction of sp³-hybridized carbons (Fsp3) is 0.556. The SMILES string of the molecule is N#CC1(c2ccccc2)CCN(C(=O)[C@@H]2CCCCO2)CC1. The minimum Gasteiger partial charge on any atom is -0.368 e. The van der Waals surface area contributed by atoms with E-state index in [4.69, 9.17) is 4.74 Å². The van der Waals surface area contributed by atoms with Gasteiger partial charge in [-0.2, -0.15) is 5.26 Å². The molecule has 0 aromatic heterocycles. The van der Waals surface area contributed by atoms with Crippen molar-refractivity contribution in [1.82, 2.24) is 4.90 Å². The molecule has 2 heterocycles. The number of ether oxygens (including phenoxy) is 1. The van der Waals surface area contributed by atoms with E-state index in [0.717, 1.165) is 24.8 Å². The highest BCUT2D eigenvalue weighted by Gasteiger charge is 2.39. The van der Waals surface area contributed by atoms with E-state index in [1.54, 1.807) is 0 Å². The molecule has 0 N–H and O–H groups in total. The number of likely N-dealkylation sites (tertiary alicyclic amines) is 1. The predicted molar refractivity (Wildman–Crippen MR) is 83.1 cm³/mol. The number of piperidine rings is 1. The van der Waals surface area contributed by atoms with E-state index in [2.05, 4.69) is 6.07 Å². The third kappa shape index (κ3) is 2.86. The molecule has 22 heavy (non-hydrogen) atoms. The Morgan fingerprint density at radius 2 is 1.95 bits per heavy atom.